The number of anilines is 1. The molecule has 4 aliphatic heterocycles. The lowest BCUT2D eigenvalue weighted by atomic mass is 10.1. The number of aromatic amines is 1. The third-order valence-electron chi connectivity index (χ3n) is 7.40. The van der Waals surface area contributed by atoms with E-state index in [9.17, 15) is 23.7 Å². The monoisotopic (exact) mass is 692 g/mol. The number of hydrogen-bond donors (Lipinski definition) is 6. The van der Waals surface area contributed by atoms with E-state index in [2.05, 4.69) is 36.8 Å². The molecule has 3 saturated heterocycles. The van der Waals surface area contributed by atoms with Crippen molar-refractivity contribution in [3.63, 3.8) is 0 Å². The first-order valence-corrected chi connectivity index (χ1v) is 16.2. The van der Waals surface area contributed by atoms with Gasteiger partial charge in [-0.25, -0.2) is 27.9 Å². The van der Waals surface area contributed by atoms with Gasteiger partial charge in [0.2, 0.25) is 5.95 Å². The molecule has 4 aliphatic rings. The number of alkyl halides is 2. The van der Waals surface area contributed by atoms with Gasteiger partial charge in [0, 0.05) is 0 Å². The quantitative estimate of drug-likeness (QED) is 0.186. The molecule has 0 saturated carbocycles. The number of phosphoric ester groups is 2. The van der Waals surface area contributed by atoms with Crippen LogP contribution in [0.4, 0.5) is 20.5 Å². The highest BCUT2D eigenvalue weighted by Gasteiger charge is 2.55. The fourth-order valence-electron chi connectivity index (χ4n) is 5.40. The lowest BCUT2D eigenvalue weighted by molar-refractivity contribution is -0.0674. The van der Waals surface area contributed by atoms with E-state index in [1.54, 1.807) is 0 Å². The lowest BCUT2D eigenvalue weighted by Gasteiger charge is -2.26. The van der Waals surface area contributed by atoms with Crippen molar-refractivity contribution >= 4 is 50.2 Å². The summed E-state index contributed by atoms with van der Waals surface area (Å²) in [6.45, 7) is 1.82. The van der Waals surface area contributed by atoms with Crippen LogP contribution in [0.2, 0.25) is 0 Å². The highest BCUT2D eigenvalue weighted by molar-refractivity contribution is 7.47. The second kappa shape index (κ2) is 11.0. The summed E-state index contributed by atoms with van der Waals surface area (Å²) in [6.07, 6.45) is -12.9. The maximum Gasteiger partial charge on any atom is 0.472 e. The van der Waals surface area contributed by atoms with Crippen LogP contribution >= 0.6 is 15.6 Å². The molecule has 8 N–H and O–H groups in total. The van der Waals surface area contributed by atoms with Crippen LogP contribution < -0.4 is 22.3 Å². The van der Waals surface area contributed by atoms with Crippen molar-refractivity contribution in [3.8, 4) is 0 Å². The van der Waals surface area contributed by atoms with E-state index in [1.165, 1.54) is 0 Å². The van der Waals surface area contributed by atoms with E-state index in [1.807, 2.05) is 0 Å². The molecule has 2 bridgehead atoms. The van der Waals surface area contributed by atoms with Gasteiger partial charge in [-0.2, -0.15) is 9.98 Å². The Hall–Kier alpha value is -3.63. The van der Waals surface area contributed by atoms with E-state index in [0.29, 0.717) is 0 Å². The molecule has 10 atom stereocenters. The van der Waals surface area contributed by atoms with Gasteiger partial charge in [0.15, 0.2) is 47.7 Å². The van der Waals surface area contributed by atoms with Crippen molar-refractivity contribution in [2.24, 2.45) is 10.7 Å². The average Bonchev–Trinajstić information content (AvgIpc) is 3.72. The van der Waals surface area contributed by atoms with Crippen molar-refractivity contribution in [1.82, 2.24) is 34.4 Å². The second-order valence-corrected chi connectivity index (χ2v) is 13.2. The van der Waals surface area contributed by atoms with Gasteiger partial charge in [-0.3, -0.25) is 37.0 Å². The summed E-state index contributed by atoms with van der Waals surface area (Å²) in [4.78, 5) is 51.6. The summed E-state index contributed by atoms with van der Waals surface area (Å²) in [6, 6.07) is 0. The summed E-state index contributed by atoms with van der Waals surface area (Å²) >= 11 is 0. The molecule has 46 heavy (non-hydrogen) atoms. The number of nitrogens with one attached hydrogen (secondary N) is 2. The molecular weight excluding hydrogens is 668 g/mol. The Morgan fingerprint density at radius 3 is 2.35 bits per heavy atom. The summed E-state index contributed by atoms with van der Waals surface area (Å²) in [5, 5.41) is 2.67. The Morgan fingerprint density at radius 2 is 1.61 bits per heavy atom. The zero-order valence-corrected chi connectivity index (χ0v) is 24.7. The van der Waals surface area contributed by atoms with Crippen molar-refractivity contribution in [2.45, 2.75) is 49.2 Å². The first-order chi connectivity index (χ1) is 21.7. The molecule has 4 unspecified atom stereocenters. The molecule has 25 heteroatoms. The first-order valence-electron chi connectivity index (χ1n) is 13.2. The largest absolute Gasteiger partial charge is 0.472 e. The number of nitrogens with two attached hydrogens (primary N) is 2. The van der Waals surface area contributed by atoms with Gasteiger partial charge in [-0.15, -0.1) is 0 Å². The summed E-state index contributed by atoms with van der Waals surface area (Å²) in [5.74, 6) is -0.378. The van der Waals surface area contributed by atoms with Gasteiger partial charge < -0.3 is 36.0 Å². The number of H-pyrrole nitrogens is 1. The summed E-state index contributed by atoms with van der Waals surface area (Å²) in [7, 11) is -10.4. The topological polar surface area (TPSA) is 288 Å². The van der Waals surface area contributed by atoms with Crippen LogP contribution in [0.15, 0.2) is 29.0 Å². The maximum absolute atomic E-state index is 15.9. The SMILES string of the molecule is C=C1NC(N)=Nc2c1ncn2[C@@H]1O[C@@H]2COP(=O)(O)O[C@H]3C(F)[C@H](n4cnc5c(=O)[nH]c(N)nc54)O[C@@H]3COP(=O)(O)O[C@@H]1C2F. The number of imidazole rings is 2. The number of guanidine groups is 1. The summed E-state index contributed by atoms with van der Waals surface area (Å²) in [5.41, 5.74) is 10.7. The highest BCUT2D eigenvalue weighted by Crippen LogP contribution is 2.54. The van der Waals surface area contributed by atoms with Gasteiger partial charge in [0.25, 0.3) is 5.56 Å². The van der Waals surface area contributed by atoms with E-state index in [-0.39, 0.29) is 40.3 Å². The Morgan fingerprint density at radius 1 is 0.957 bits per heavy atom. The zero-order valence-electron chi connectivity index (χ0n) is 23.0. The molecule has 248 valence electrons. The third kappa shape index (κ3) is 5.33. The number of rotatable bonds is 2. The van der Waals surface area contributed by atoms with Gasteiger partial charge in [-0.05, 0) is 0 Å². The second-order valence-electron chi connectivity index (χ2n) is 10.4. The van der Waals surface area contributed by atoms with Gasteiger partial charge >= 0.3 is 15.6 Å². The minimum Gasteiger partial charge on any atom is -0.369 e. The molecule has 3 aromatic heterocycles. The third-order valence-corrected chi connectivity index (χ3v) is 9.37. The van der Waals surface area contributed by atoms with Crippen LogP contribution in [0, 0.1) is 0 Å². The van der Waals surface area contributed by atoms with Crippen LogP contribution in [-0.2, 0) is 36.7 Å². The number of aromatic nitrogens is 6. The van der Waals surface area contributed by atoms with Gasteiger partial charge in [0.05, 0.1) is 31.6 Å². The smallest absolute Gasteiger partial charge is 0.369 e. The van der Waals surface area contributed by atoms with Crippen molar-refractivity contribution in [1.29, 1.82) is 0 Å². The van der Waals surface area contributed by atoms with Crippen LogP contribution in [-0.4, -0.2) is 94.8 Å². The van der Waals surface area contributed by atoms with E-state index in [0.717, 1.165) is 21.8 Å². The molecule has 21 nitrogen and oxygen atoms in total. The Balaban J connectivity index is 1.20. The van der Waals surface area contributed by atoms with Crippen LogP contribution in [0.1, 0.15) is 18.1 Å². The van der Waals surface area contributed by atoms with Gasteiger partial charge in [0.1, 0.15) is 30.1 Å². The van der Waals surface area contributed by atoms with Crippen LogP contribution in [0.3, 0.4) is 0 Å². The van der Waals surface area contributed by atoms with Gasteiger partial charge in [-0.1, -0.05) is 6.58 Å². The number of aliphatic imine (C=N–C) groups is 1. The number of halogens is 2. The van der Waals surface area contributed by atoms with Crippen LogP contribution in [0.25, 0.3) is 16.9 Å². The standard InChI is InChI=1S/C21H24F2N10O11P2/c1-6-11-15(29-20(24)28-6)33(4-26-11)19-14-9(22)7(41-19)2-39-45(35,36)43-13-8(3-40-46(37,38)44-14)42-18(10(13)23)32-5-27-12-16(32)30-21(25)31-17(12)34/h4-5,7-10,13-14,18-19H,1-3H2,(H,35,36)(H,37,38)(H3,24,28,29)(H3,25,30,31,34)/t7-,8-,9?,10?,13-,14-,18-,19-/m1/s1. The molecular formula is C21H24F2N10O11P2. The van der Waals surface area contributed by atoms with Crippen LogP contribution in [0.5, 0.6) is 0 Å². The molecule has 7 rings (SSSR count). The predicted molar refractivity (Wildman–Crippen MR) is 147 cm³/mol. The molecule has 3 aromatic rings. The molecule has 0 aliphatic carbocycles. The van der Waals surface area contributed by atoms with Crippen molar-refractivity contribution < 1.29 is 55.3 Å². The molecule has 0 spiro atoms. The number of fused-ring (bicyclic) bond motifs is 5. The predicted octanol–water partition coefficient (Wildman–Crippen LogP) is -0.392. The number of phosphoric acid groups is 2. The fraction of sp³-hybridized carbons (Fsp3) is 0.476. The highest BCUT2D eigenvalue weighted by atomic mass is 31.2. The molecule has 3 fully saturated rings. The average molecular weight is 692 g/mol. The first kappa shape index (κ1) is 31.0. The molecule has 7 heterocycles. The number of hydrogen-bond acceptors (Lipinski definition) is 16. The van der Waals surface area contributed by atoms with Crippen molar-refractivity contribution in [2.75, 3.05) is 18.9 Å². The normalized spacial score (nSPS) is 38.3. The number of ether oxygens (including phenoxy) is 2. The fourth-order valence-corrected chi connectivity index (χ4v) is 7.28. The lowest BCUT2D eigenvalue weighted by Crippen LogP contribution is -2.34. The maximum atomic E-state index is 15.9. The molecule has 0 radical (unpaired) electrons. The van der Waals surface area contributed by atoms with E-state index < -0.39 is 83.6 Å². The van der Waals surface area contributed by atoms with Crippen molar-refractivity contribution in [3.05, 3.63) is 35.3 Å². The van der Waals surface area contributed by atoms with E-state index >= 15 is 8.78 Å². The molecule has 0 aromatic carbocycles. The minimum absolute atomic E-state index is 0.0343. The zero-order chi connectivity index (χ0) is 32.7. The molecule has 0 amide bonds. The number of nitrogen functional groups attached to an aromatic ring is 1. The summed E-state index contributed by atoms with van der Waals surface area (Å²) < 4.78 is 91.6. The minimum atomic E-state index is -5.23. The Bertz CT molecular complexity index is 1920. The van der Waals surface area contributed by atoms with E-state index in [4.69, 9.17) is 39.0 Å². The Labute approximate surface area is 254 Å². The Kier molecular flexibility index (Phi) is 7.40. The number of nitrogens with zero attached hydrogens (tertiary/aromatic N) is 6.